The lowest BCUT2D eigenvalue weighted by Crippen LogP contribution is -2.30. The molecule has 0 amide bonds. The topological polar surface area (TPSA) is 195 Å². The molecular weight excluding hydrogens is 774 g/mol. The van der Waals surface area contributed by atoms with E-state index in [1.807, 2.05) is 0 Å². The first-order valence-electron chi connectivity index (χ1n) is 21.3. The van der Waals surface area contributed by atoms with Crippen LogP contribution >= 0.6 is 15.6 Å². The molecule has 0 saturated heterocycles. The average molecular weight is 851 g/mol. The van der Waals surface area contributed by atoms with Gasteiger partial charge in [0.25, 0.3) is 0 Å². The molecule has 15 heteroatoms. The summed E-state index contributed by atoms with van der Waals surface area (Å²) >= 11 is 0. The maximum Gasteiger partial charge on any atom is 0.472 e. The van der Waals surface area contributed by atoms with Crippen LogP contribution in [0.3, 0.4) is 0 Å². The standard InChI is InChI=1S/C42H76O13P2/c1-3-5-7-9-11-13-15-17-18-19-20-22-24-26-28-30-32-34-42(45)55-40(38-54-57(49,50)53-36-39(43)35-52-56(46,47)48)37-51-41(44)33-31-29-27-25-23-21-16-14-12-10-8-6-4-2/h11,13-14,16-18,20,22,39-40,43H,3-10,12,15,19,21,23-38H2,1-2H3,(H,49,50)(H2,46,47,48)/b13-11-,16-14-,18-17-,22-20-/t39-,40+/m0/s1. The van der Waals surface area contributed by atoms with Crippen LogP contribution in [0.4, 0.5) is 0 Å². The molecule has 57 heavy (non-hydrogen) atoms. The molecular formula is C42H76O13P2. The number of aliphatic hydroxyl groups is 1. The van der Waals surface area contributed by atoms with Gasteiger partial charge in [0.2, 0.25) is 0 Å². The smallest absolute Gasteiger partial charge is 0.462 e. The number of ether oxygens (including phenoxy) is 2. The number of phosphoric acid groups is 2. The van der Waals surface area contributed by atoms with E-state index in [0.717, 1.165) is 83.5 Å². The lowest BCUT2D eigenvalue weighted by Gasteiger charge is -2.20. The summed E-state index contributed by atoms with van der Waals surface area (Å²) < 4.78 is 47.7. The predicted molar refractivity (Wildman–Crippen MR) is 225 cm³/mol. The second-order valence-corrected chi connectivity index (χ2v) is 16.9. The molecule has 0 bridgehead atoms. The molecule has 0 heterocycles. The summed E-state index contributed by atoms with van der Waals surface area (Å²) in [7, 11) is -9.68. The summed E-state index contributed by atoms with van der Waals surface area (Å²) in [6, 6.07) is 0. The van der Waals surface area contributed by atoms with Crippen LogP contribution in [0, 0.1) is 0 Å². The number of phosphoric ester groups is 2. The van der Waals surface area contributed by atoms with Gasteiger partial charge in [0, 0.05) is 12.8 Å². The predicted octanol–water partition coefficient (Wildman–Crippen LogP) is 10.7. The zero-order valence-electron chi connectivity index (χ0n) is 34.9. The van der Waals surface area contributed by atoms with Crippen molar-refractivity contribution in [3.05, 3.63) is 48.6 Å². The van der Waals surface area contributed by atoms with Crippen LogP contribution < -0.4 is 0 Å². The van der Waals surface area contributed by atoms with Crippen molar-refractivity contribution < 1.29 is 61.6 Å². The van der Waals surface area contributed by atoms with Crippen LogP contribution in [0.25, 0.3) is 0 Å². The van der Waals surface area contributed by atoms with Crippen molar-refractivity contribution in [2.45, 2.75) is 180 Å². The second-order valence-electron chi connectivity index (χ2n) is 14.3. The van der Waals surface area contributed by atoms with Gasteiger partial charge in [0.15, 0.2) is 6.10 Å². The average Bonchev–Trinajstić information content (AvgIpc) is 3.17. The quantitative estimate of drug-likeness (QED) is 0.0197. The zero-order chi connectivity index (χ0) is 42.3. The van der Waals surface area contributed by atoms with Gasteiger partial charge in [0.1, 0.15) is 12.7 Å². The Morgan fingerprint density at radius 3 is 1.46 bits per heavy atom. The second kappa shape index (κ2) is 38.3. The van der Waals surface area contributed by atoms with Crippen LogP contribution in [0.15, 0.2) is 48.6 Å². The molecule has 0 aromatic carbocycles. The number of carbonyl (C=O) groups excluding carboxylic acids is 2. The van der Waals surface area contributed by atoms with E-state index in [1.54, 1.807) is 0 Å². The Morgan fingerprint density at radius 2 is 0.912 bits per heavy atom. The molecule has 0 radical (unpaired) electrons. The summed E-state index contributed by atoms with van der Waals surface area (Å²) in [4.78, 5) is 52.6. The van der Waals surface area contributed by atoms with Gasteiger partial charge in [-0.05, 0) is 77.0 Å². The van der Waals surface area contributed by atoms with Crippen LogP contribution in [-0.2, 0) is 41.8 Å². The Labute approximate surface area is 343 Å². The van der Waals surface area contributed by atoms with E-state index in [4.69, 9.17) is 23.8 Å². The van der Waals surface area contributed by atoms with Gasteiger partial charge in [-0.15, -0.1) is 0 Å². The molecule has 0 spiro atoms. The van der Waals surface area contributed by atoms with Crippen LogP contribution in [-0.4, -0.2) is 70.4 Å². The highest BCUT2D eigenvalue weighted by Crippen LogP contribution is 2.43. The van der Waals surface area contributed by atoms with Crippen LogP contribution in [0.2, 0.25) is 0 Å². The number of rotatable bonds is 40. The fraction of sp³-hybridized carbons (Fsp3) is 0.762. The Hall–Kier alpha value is -1.92. The van der Waals surface area contributed by atoms with E-state index in [-0.39, 0.29) is 12.8 Å². The molecule has 0 aliphatic carbocycles. The lowest BCUT2D eigenvalue weighted by atomic mass is 10.1. The van der Waals surface area contributed by atoms with Crippen molar-refractivity contribution in [3.63, 3.8) is 0 Å². The fourth-order valence-corrected chi connectivity index (χ4v) is 6.56. The van der Waals surface area contributed by atoms with Gasteiger partial charge >= 0.3 is 27.6 Å². The molecule has 13 nitrogen and oxygen atoms in total. The van der Waals surface area contributed by atoms with Crippen molar-refractivity contribution in [3.8, 4) is 0 Å². The van der Waals surface area contributed by atoms with Crippen molar-refractivity contribution in [2.24, 2.45) is 0 Å². The van der Waals surface area contributed by atoms with Gasteiger partial charge in [-0.2, -0.15) is 0 Å². The summed E-state index contributed by atoms with van der Waals surface area (Å²) in [5.74, 6) is -1.07. The van der Waals surface area contributed by atoms with Gasteiger partial charge in [-0.1, -0.05) is 127 Å². The SMILES string of the molecule is CCCCC/C=C\C/C=C\C/C=C\CCCCCCC(=O)O[C@H](COC(=O)CCCCCCC/C=C\CCCCCC)COP(=O)(O)OC[C@@H](O)COP(=O)(O)O. The molecule has 1 unspecified atom stereocenters. The van der Waals surface area contributed by atoms with Crippen molar-refractivity contribution in [1.82, 2.24) is 0 Å². The third-order valence-electron chi connectivity index (χ3n) is 8.68. The molecule has 4 N–H and O–H groups in total. The van der Waals surface area contributed by atoms with Gasteiger partial charge < -0.3 is 29.3 Å². The maximum absolute atomic E-state index is 12.6. The molecule has 0 saturated carbocycles. The van der Waals surface area contributed by atoms with Gasteiger partial charge in [-0.3, -0.25) is 23.2 Å². The van der Waals surface area contributed by atoms with E-state index < -0.39 is 66.2 Å². The molecule has 0 aliphatic heterocycles. The first-order valence-corrected chi connectivity index (χ1v) is 24.4. The van der Waals surface area contributed by atoms with E-state index in [0.29, 0.717) is 12.8 Å². The van der Waals surface area contributed by atoms with Crippen molar-refractivity contribution in [2.75, 3.05) is 26.4 Å². The number of unbranched alkanes of at least 4 members (excludes halogenated alkanes) is 16. The summed E-state index contributed by atoms with van der Waals surface area (Å²) in [6.45, 7) is 1.68. The highest BCUT2D eigenvalue weighted by atomic mass is 31.2. The highest BCUT2D eigenvalue weighted by Gasteiger charge is 2.28. The van der Waals surface area contributed by atoms with Crippen molar-refractivity contribution >= 4 is 27.6 Å². The third kappa shape index (κ3) is 42.0. The number of allylic oxidation sites excluding steroid dienone is 8. The number of carbonyl (C=O) groups is 2. The molecule has 0 aromatic rings. The number of hydrogen-bond donors (Lipinski definition) is 4. The highest BCUT2D eigenvalue weighted by molar-refractivity contribution is 7.47. The minimum Gasteiger partial charge on any atom is -0.462 e. The van der Waals surface area contributed by atoms with Crippen LogP contribution in [0.5, 0.6) is 0 Å². The minimum absolute atomic E-state index is 0.103. The Kier molecular flexibility index (Phi) is 37.0. The monoisotopic (exact) mass is 850 g/mol. The molecule has 0 rings (SSSR count). The number of hydrogen-bond acceptors (Lipinski definition) is 10. The molecule has 332 valence electrons. The molecule has 0 aromatic heterocycles. The van der Waals surface area contributed by atoms with Gasteiger partial charge in [-0.25, -0.2) is 9.13 Å². The van der Waals surface area contributed by atoms with E-state index in [1.165, 1.54) is 44.9 Å². The first-order chi connectivity index (χ1) is 27.4. The summed E-state index contributed by atoms with van der Waals surface area (Å²) in [5, 5.41) is 9.73. The van der Waals surface area contributed by atoms with Crippen molar-refractivity contribution in [1.29, 1.82) is 0 Å². The lowest BCUT2D eigenvalue weighted by molar-refractivity contribution is -0.161. The Balaban J connectivity index is 4.59. The Bertz CT molecular complexity index is 1200. The molecule has 3 atom stereocenters. The molecule has 0 aliphatic rings. The number of esters is 2. The largest absolute Gasteiger partial charge is 0.472 e. The zero-order valence-corrected chi connectivity index (χ0v) is 36.7. The summed E-state index contributed by atoms with van der Waals surface area (Å²) in [5.41, 5.74) is 0. The summed E-state index contributed by atoms with van der Waals surface area (Å²) in [6.07, 6.45) is 38.1. The minimum atomic E-state index is -4.86. The van der Waals surface area contributed by atoms with Gasteiger partial charge in [0.05, 0.1) is 19.8 Å². The molecule has 0 fully saturated rings. The normalized spacial score (nSPS) is 14.6. The Morgan fingerprint density at radius 1 is 0.509 bits per heavy atom. The van der Waals surface area contributed by atoms with E-state index in [2.05, 4.69) is 71.5 Å². The van der Waals surface area contributed by atoms with Crippen LogP contribution in [0.1, 0.15) is 168 Å². The van der Waals surface area contributed by atoms with E-state index >= 15 is 0 Å². The first kappa shape index (κ1) is 55.1. The third-order valence-corrected chi connectivity index (χ3v) is 10.1. The van der Waals surface area contributed by atoms with E-state index in [9.17, 15) is 28.7 Å². The maximum atomic E-state index is 12.6. The fourth-order valence-electron chi connectivity index (χ4n) is 5.41. The number of aliphatic hydroxyl groups excluding tert-OH is 1.